The van der Waals surface area contributed by atoms with Gasteiger partial charge in [0.1, 0.15) is 5.75 Å². The van der Waals surface area contributed by atoms with E-state index in [1.165, 1.54) is 24.8 Å². The Hall–Kier alpha value is -0.540. The molecule has 0 saturated carbocycles. The Balaban J connectivity index is 2.12. The molecule has 0 heterocycles. The van der Waals surface area contributed by atoms with E-state index in [1.54, 1.807) is 7.11 Å². The molecule has 1 aromatic rings. The second-order valence-corrected chi connectivity index (χ2v) is 4.57. The highest BCUT2D eigenvalue weighted by Gasteiger charge is 1.94. The van der Waals surface area contributed by atoms with Crippen molar-refractivity contribution in [2.75, 3.05) is 19.0 Å². The number of nitrogens with one attached hydrogen (secondary N) is 1. The molecule has 0 aliphatic rings. The van der Waals surface area contributed by atoms with Crippen molar-refractivity contribution >= 4 is 15.9 Å². The van der Waals surface area contributed by atoms with Crippen LogP contribution in [0, 0.1) is 0 Å². The lowest BCUT2D eigenvalue weighted by atomic mass is 10.2. The Bertz CT molecular complexity index is 274. The normalized spacial score (nSPS) is 10.4. The van der Waals surface area contributed by atoms with E-state index < -0.39 is 0 Å². The molecule has 0 radical (unpaired) electrons. The molecule has 16 heavy (non-hydrogen) atoms. The summed E-state index contributed by atoms with van der Waals surface area (Å²) in [6, 6.07) is 8.21. The second kappa shape index (κ2) is 8.59. The van der Waals surface area contributed by atoms with E-state index in [-0.39, 0.29) is 0 Å². The van der Waals surface area contributed by atoms with Crippen molar-refractivity contribution in [3.05, 3.63) is 29.8 Å². The lowest BCUT2D eigenvalue weighted by Gasteiger charge is -2.05. The fourth-order valence-corrected chi connectivity index (χ4v) is 1.89. The van der Waals surface area contributed by atoms with Gasteiger partial charge >= 0.3 is 0 Å². The second-order valence-electron chi connectivity index (χ2n) is 3.77. The summed E-state index contributed by atoms with van der Waals surface area (Å²) in [5.74, 6) is 0.918. The van der Waals surface area contributed by atoms with Crippen LogP contribution in [0.4, 0.5) is 0 Å². The molecule has 0 spiro atoms. The third kappa shape index (κ3) is 5.52. The molecule has 0 aliphatic carbocycles. The number of alkyl halides is 1. The maximum absolute atomic E-state index is 5.11. The van der Waals surface area contributed by atoms with Crippen molar-refractivity contribution in [3.63, 3.8) is 0 Å². The Labute approximate surface area is 107 Å². The standard InChI is InChI=1S/C13H20BrNO/c1-16-13-7-5-12(6-8-13)11-15-10-4-2-3-9-14/h5-8,15H,2-4,9-11H2,1H3. The molecule has 0 aliphatic heterocycles. The number of methoxy groups -OCH3 is 1. The number of hydrogen-bond acceptors (Lipinski definition) is 2. The minimum Gasteiger partial charge on any atom is -0.497 e. The maximum Gasteiger partial charge on any atom is 0.118 e. The predicted octanol–water partition coefficient (Wildman–Crippen LogP) is 3.35. The predicted molar refractivity (Wildman–Crippen MR) is 72.3 cm³/mol. The molecule has 0 fully saturated rings. The molecule has 0 saturated heterocycles. The van der Waals surface area contributed by atoms with Crippen LogP contribution < -0.4 is 10.1 Å². The van der Waals surface area contributed by atoms with Gasteiger partial charge in [0, 0.05) is 11.9 Å². The Morgan fingerprint density at radius 1 is 1.12 bits per heavy atom. The fourth-order valence-electron chi connectivity index (χ4n) is 1.50. The molecule has 3 heteroatoms. The van der Waals surface area contributed by atoms with Gasteiger partial charge in [0.15, 0.2) is 0 Å². The molecular weight excluding hydrogens is 266 g/mol. The number of unbranched alkanes of at least 4 members (excludes halogenated alkanes) is 2. The molecule has 2 nitrogen and oxygen atoms in total. The van der Waals surface area contributed by atoms with E-state index in [4.69, 9.17) is 4.74 Å². The number of ether oxygens (including phenoxy) is 1. The Kier molecular flexibility index (Phi) is 7.26. The summed E-state index contributed by atoms with van der Waals surface area (Å²) in [6.07, 6.45) is 3.81. The fraction of sp³-hybridized carbons (Fsp3) is 0.538. The first-order valence-electron chi connectivity index (χ1n) is 5.76. The van der Waals surface area contributed by atoms with E-state index in [1.807, 2.05) is 12.1 Å². The average molecular weight is 286 g/mol. The zero-order valence-electron chi connectivity index (χ0n) is 9.84. The lowest BCUT2D eigenvalue weighted by Crippen LogP contribution is -2.14. The van der Waals surface area contributed by atoms with Crippen LogP contribution >= 0.6 is 15.9 Å². The summed E-state index contributed by atoms with van der Waals surface area (Å²) in [5.41, 5.74) is 1.31. The van der Waals surface area contributed by atoms with Crippen molar-refractivity contribution in [1.82, 2.24) is 5.32 Å². The van der Waals surface area contributed by atoms with E-state index >= 15 is 0 Å². The van der Waals surface area contributed by atoms with E-state index in [9.17, 15) is 0 Å². The molecule has 1 aromatic carbocycles. The van der Waals surface area contributed by atoms with Gasteiger partial charge in [-0.15, -0.1) is 0 Å². The first-order valence-corrected chi connectivity index (χ1v) is 6.88. The van der Waals surface area contributed by atoms with Gasteiger partial charge in [-0.3, -0.25) is 0 Å². The van der Waals surface area contributed by atoms with E-state index in [0.717, 1.165) is 24.2 Å². The first-order chi connectivity index (χ1) is 7.86. The topological polar surface area (TPSA) is 21.3 Å². The Morgan fingerprint density at radius 2 is 1.88 bits per heavy atom. The highest BCUT2D eigenvalue weighted by atomic mass is 79.9. The number of hydrogen-bond donors (Lipinski definition) is 1. The van der Waals surface area contributed by atoms with Gasteiger partial charge in [-0.25, -0.2) is 0 Å². The third-order valence-corrected chi connectivity index (χ3v) is 3.04. The van der Waals surface area contributed by atoms with Crippen LogP contribution in [0.1, 0.15) is 24.8 Å². The van der Waals surface area contributed by atoms with E-state index in [0.29, 0.717) is 0 Å². The van der Waals surface area contributed by atoms with E-state index in [2.05, 4.69) is 33.4 Å². The SMILES string of the molecule is COc1ccc(CNCCCCCBr)cc1. The van der Waals surface area contributed by atoms with Crippen molar-refractivity contribution in [2.45, 2.75) is 25.8 Å². The highest BCUT2D eigenvalue weighted by Crippen LogP contribution is 2.10. The maximum atomic E-state index is 5.11. The molecule has 0 aromatic heterocycles. The number of halogens is 1. The van der Waals surface area contributed by atoms with Crippen LogP contribution in [-0.2, 0) is 6.54 Å². The van der Waals surface area contributed by atoms with Crippen LogP contribution in [0.2, 0.25) is 0 Å². The van der Waals surface area contributed by atoms with Crippen molar-refractivity contribution in [2.24, 2.45) is 0 Å². The molecule has 0 unspecified atom stereocenters. The van der Waals surface area contributed by atoms with Crippen LogP contribution in [0.5, 0.6) is 5.75 Å². The smallest absolute Gasteiger partial charge is 0.118 e. The van der Waals surface area contributed by atoms with Gasteiger partial charge in [-0.05, 0) is 37.1 Å². The molecule has 0 bridgehead atoms. The minimum atomic E-state index is 0.918. The zero-order chi connectivity index (χ0) is 11.6. The minimum absolute atomic E-state index is 0.918. The van der Waals surface area contributed by atoms with Crippen molar-refractivity contribution < 1.29 is 4.74 Å². The van der Waals surface area contributed by atoms with Gasteiger partial charge < -0.3 is 10.1 Å². The van der Waals surface area contributed by atoms with Gasteiger partial charge in [0.2, 0.25) is 0 Å². The van der Waals surface area contributed by atoms with Gasteiger partial charge in [0.25, 0.3) is 0 Å². The summed E-state index contributed by atoms with van der Waals surface area (Å²) in [6.45, 7) is 2.04. The molecular formula is C13H20BrNO. The molecule has 0 amide bonds. The molecule has 1 rings (SSSR count). The number of rotatable bonds is 8. The monoisotopic (exact) mass is 285 g/mol. The molecule has 1 N–H and O–H groups in total. The quantitative estimate of drug-likeness (QED) is 0.584. The summed E-state index contributed by atoms with van der Waals surface area (Å²) >= 11 is 3.44. The molecule has 0 atom stereocenters. The van der Waals surface area contributed by atoms with Crippen molar-refractivity contribution in [3.8, 4) is 5.75 Å². The van der Waals surface area contributed by atoms with Crippen LogP contribution in [0.15, 0.2) is 24.3 Å². The van der Waals surface area contributed by atoms with Gasteiger partial charge in [-0.1, -0.05) is 34.5 Å². The van der Waals surface area contributed by atoms with Crippen LogP contribution in [0.3, 0.4) is 0 Å². The third-order valence-electron chi connectivity index (χ3n) is 2.48. The lowest BCUT2D eigenvalue weighted by molar-refractivity contribution is 0.414. The molecule has 90 valence electrons. The van der Waals surface area contributed by atoms with Crippen LogP contribution in [-0.4, -0.2) is 19.0 Å². The summed E-state index contributed by atoms with van der Waals surface area (Å²) in [5, 5.41) is 4.56. The first kappa shape index (κ1) is 13.5. The van der Waals surface area contributed by atoms with Gasteiger partial charge in [-0.2, -0.15) is 0 Å². The zero-order valence-corrected chi connectivity index (χ0v) is 11.4. The summed E-state index contributed by atoms with van der Waals surface area (Å²) in [7, 11) is 1.69. The Morgan fingerprint density at radius 3 is 2.50 bits per heavy atom. The van der Waals surface area contributed by atoms with Gasteiger partial charge in [0.05, 0.1) is 7.11 Å². The average Bonchev–Trinajstić information content (AvgIpc) is 2.34. The highest BCUT2D eigenvalue weighted by molar-refractivity contribution is 9.09. The van der Waals surface area contributed by atoms with Crippen LogP contribution in [0.25, 0.3) is 0 Å². The number of benzene rings is 1. The largest absolute Gasteiger partial charge is 0.497 e. The summed E-state index contributed by atoms with van der Waals surface area (Å²) < 4.78 is 5.11. The van der Waals surface area contributed by atoms with Crippen molar-refractivity contribution in [1.29, 1.82) is 0 Å². The summed E-state index contributed by atoms with van der Waals surface area (Å²) in [4.78, 5) is 0.